The smallest absolute Gasteiger partial charge is 0.222 e. The van der Waals surface area contributed by atoms with Crippen molar-refractivity contribution in [2.24, 2.45) is 5.41 Å². The second-order valence-electron chi connectivity index (χ2n) is 10.5. The molecule has 3 heterocycles. The molecule has 30 heavy (non-hydrogen) atoms. The van der Waals surface area contributed by atoms with Crippen LogP contribution >= 0.6 is 0 Å². The fraction of sp³-hybridized carbons (Fsp3) is 0.720. The highest BCUT2D eigenvalue weighted by atomic mass is 16.6. The number of carbonyl (C=O) groups excluding carboxylic acids is 1. The van der Waals surface area contributed by atoms with Crippen molar-refractivity contribution in [3.63, 3.8) is 0 Å². The molecule has 0 radical (unpaired) electrons. The Morgan fingerprint density at radius 3 is 2.53 bits per heavy atom. The van der Waals surface area contributed by atoms with Gasteiger partial charge >= 0.3 is 0 Å². The summed E-state index contributed by atoms with van der Waals surface area (Å²) < 4.78 is 12.6. The van der Waals surface area contributed by atoms with E-state index >= 15 is 0 Å². The highest BCUT2D eigenvalue weighted by Crippen LogP contribution is 2.49. The summed E-state index contributed by atoms with van der Waals surface area (Å²) in [5.41, 5.74) is 0.247. The highest BCUT2D eigenvalue weighted by Gasteiger charge is 2.53. The Balaban J connectivity index is 1.27. The van der Waals surface area contributed by atoms with Crippen LogP contribution in [-0.4, -0.2) is 59.0 Å². The Kier molecular flexibility index (Phi) is 5.99. The first-order chi connectivity index (χ1) is 14.2. The molecule has 4 rings (SSSR count). The minimum absolute atomic E-state index is 0.0742. The van der Waals surface area contributed by atoms with Crippen LogP contribution in [0.4, 0.5) is 0 Å². The molecule has 0 aliphatic carbocycles. The third-order valence-corrected chi connectivity index (χ3v) is 7.64. The number of carbonyl (C=O) groups is 1. The Morgan fingerprint density at radius 1 is 1.20 bits per heavy atom. The first kappa shape index (κ1) is 21.8. The van der Waals surface area contributed by atoms with Crippen molar-refractivity contribution in [3.8, 4) is 0 Å². The predicted molar refractivity (Wildman–Crippen MR) is 116 cm³/mol. The van der Waals surface area contributed by atoms with Crippen LogP contribution in [0, 0.1) is 5.41 Å². The monoisotopic (exact) mass is 415 g/mol. The van der Waals surface area contributed by atoms with E-state index in [-0.39, 0.29) is 29.1 Å². The lowest BCUT2D eigenvalue weighted by molar-refractivity contribution is -0.155. The fourth-order valence-corrected chi connectivity index (χ4v) is 5.41. The van der Waals surface area contributed by atoms with Crippen molar-refractivity contribution in [2.45, 2.75) is 89.1 Å². The Hall–Kier alpha value is -1.43. The molecule has 3 fully saturated rings. The predicted octanol–water partition coefficient (Wildman–Crippen LogP) is 3.73. The molecule has 3 saturated heterocycles. The molecule has 3 aliphatic heterocycles. The fourth-order valence-electron chi connectivity index (χ4n) is 5.41. The van der Waals surface area contributed by atoms with E-state index in [1.54, 1.807) is 0 Å². The Morgan fingerprint density at radius 2 is 1.90 bits per heavy atom. The molecule has 0 aromatic heterocycles. The number of nitrogens with zero attached hydrogens (tertiary/aromatic N) is 1. The van der Waals surface area contributed by atoms with Crippen LogP contribution in [-0.2, 0) is 20.7 Å². The topological polar surface area (TPSA) is 59.0 Å². The van der Waals surface area contributed by atoms with Gasteiger partial charge in [-0.25, -0.2) is 0 Å². The molecule has 1 aromatic carbocycles. The van der Waals surface area contributed by atoms with Crippen molar-refractivity contribution in [3.05, 3.63) is 35.9 Å². The number of aliphatic hydroxyl groups is 1. The lowest BCUT2D eigenvalue weighted by Gasteiger charge is -2.39. The molecule has 0 bridgehead atoms. The van der Waals surface area contributed by atoms with Crippen molar-refractivity contribution in [2.75, 3.05) is 19.7 Å². The lowest BCUT2D eigenvalue weighted by atomic mass is 9.74. The Bertz CT molecular complexity index is 735. The normalized spacial score (nSPS) is 31.4. The molecule has 1 aromatic rings. The number of rotatable bonds is 5. The molecule has 1 N–H and O–H groups in total. The second kappa shape index (κ2) is 8.25. The number of likely N-dealkylation sites (tertiary alicyclic amines) is 1. The van der Waals surface area contributed by atoms with Gasteiger partial charge < -0.3 is 19.5 Å². The van der Waals surface area contributed by atoms with Crippen molar-refractivity contribution in [1.82, 2.24) is 4.90 Å². The zero-order valence-electron chi connectivity index (χ0n) is 18.7. The maximum Gasteiger partial charge on any atom is 0.222 e. The molecule has 5 heteroatoms. The van der Waals surface area contributed by atoms with Crippen LogP contribution in [0.2, 0.25) is 0 Å². The number of hydrogen-bond acceptors (Lipinski definition) is 4. The second-order valence-corrected chi connectivity index (χ2v) is 10.5. The van der Waals surface area contributed by atoms with E-state index in [9.17, 15) is 9.90 Å². The van der Waals surface area contributed by atoms with Gasteiger partial charge in [0.15, 0.2) is 0 Å². The molecule has 5 nitrogen and oxygen atoms in total. The Labute approximate surface area is 180 Å². The lowest BCUT2D eigenvalue weighted by Crippen LogP contribution is -2.45. The summed E-state index contributed by atoms with van der Waals surface area (Å²) in [6, 6.07) is 10.2. The maximum absolute atomic E-state index is 12.7. The SMILES string of the molecule is CC(C)(O)[C@@H]1CC[C@](C)([C@H]2CC3(CCN(C(=O)CCc4ccccc4)CC3)CO2)O1. The van der Waals surface area contributed by atoms with Crippen molar-refractivity contribution in [1.29, 1.82) is 0 Å². The summed E-state index contributed by atoms with van der Waals surface area (Å²) in [4.78, 5) is 14.7. The summed E-state index contributed by atoms with van der Waals surface area (Å²) in [5.74, 6) is 0.267. The summed E-state index contributed by atoms with van der Waals surface area (Å²) in [6.45, 7) is 8.21. The minimum atomic E-state index is -0.820. The summed E-state index contributed by atoms with van der Waals surface area (Å²) in [6.07, 6.45) is 6.14. The summed E-state index contributed by atoms with van der Waals surface area (Å²) in [5, 5.41) is 10.3. The molecular formula is C25H37NO4. The minimum Gasteiger partial charge on any atom is -0.388 e. The molecule has 0 unspecified atom stereocenters. The van der Waals surface area contributed by atoms with E-state index in [2.05, 4.69) is 19.1 Å². The van der Waals surface area contributed by atoms with E-state index in [0.717, 1.165) is 58.2 Å². The average Bonchev–Trinajstić information content (AvgIpc) is 3.33. The summed E-state index contributed by atoms with van der Waals surface area (Å²) >= 11 is 0. The van der Waals surface area contributed by atoms with E-state index in [1.807, 2.05) is 36.9 Å². The molecule has 0 saturated carbocycles. The van der Waals surface area contributed by atoms with E-state index in [1.165, 1.54) is 5.56 Å². The summed E-state index contributed by atoms with van der Waals surface area (Å²) in [7, 11) is 0. The van der Waals surface area contributed by atoms with Crippen LogP contribution in [0.1, 0.15) is 64.9 Å². The first-order valence-corrected chi connectivity index (χ1v) is 11.5. The third kappa shape index (κ3) is 4.58. The molecule has 3 aliphatic rings. The maximum atomic E-state index is 12.7. The van der Waals surface area contributed by atoms with Gasteiger partial charge in [0.1, 0.15) is 0 Å². The van der Waals surface area contributed by atoms with Crippen LogP contribution in [0.15, 0.2) is 30.3 Å². The average molecular weight is 416 g/mol. The van der Waals surface area contributed by atoms with Gasteiger partial charge in [0, 0.05) is 19.5 Å². The van der Waals surface area contributed by atoms with Crippen molar-refractivity contribution < 1.29 is 19.4 Å². The van der Waals surface area contributed by atoms with Gasteiger partial charge in [0.25, 0.3) is 0 Å². The highest BCUT2D eigenvalue weighted by molar-refractivity contribution is 5.76. The number of benzene rings is 1. The molecule has 166 valence electrons. The standard InChI is InChI=1S/C25H37NO4/c1-23(2,28)20-11-12-24(3,30-20)21-17-25(18-29-21)13-15-26(16-14-25)22(27)10-9-19-7-5-4-6-8-19/h4-8,20-21,28H,9-18H2,1-3H3/t20-,21+,24+/m0/s1. The molecule has 3 atom stereocenters. The molecule has 1 amide bonds. The number of amides is 1. The van der Waals surface area contributed by atoms with Crippen LogP contribution in [0.3, 0.4) is 0 Å². The van der Waals surface area contributed by atoms with Crippen LogP contribution in [0.5, 0.6) is 0 Å². The van der Waals surface area contributed by atoms with Gasteiger partial charge in [-0.2, -0.15) is 0 Å². The van der Waals surface area contributed by atoms with E-state index in [4.69, 9.17) is 9.47 Å². The van der Waals surface area contributed by atoms with Crippen LogP contribution < -0.4 is 0 Å². The molecule has 1 spiro atoms. The zero-order valence-corrected chi connectivity index (χ0v) is 18.7. The van der Waals surface area contributed by atoms with Crippen LogP contribution in [0.25, 0.3) is 0 Å². The van der Waals surface area contributed by atoms with E-state index < -0.39 is 5.60 Å². The van der Waals surface area contributed by atoms with Gasteiger partial charge in [-0.1, -0.05) is 30.3 Å². The molecular weight excluding hydrogens is 378 g/mol. The zero-order chi connectivity index (χ0) is 21.4. The van der Waals surface area contributed by atoms with Gasteiger partial charge in [0.2, 0.25) is 5.91 Å². The number of ether oxygens (including phenoxy) is 2. The largest absolute Gasteiger partial charge is 0.388 e. The third-order valence-electron chi connectivity index (χ3n) is 7.64. The number of hydrogen-bond donors (Lipinski definition) is 1. The number of aryl methyl sites for hydroxylation is 1. The van der Waals surface area contributed by atoms with Gasteiger partial charge in [-0.3, -0.25) is 4.79 Å². The van der Waals surface area contributed by atoms with Gasteiger partial charge in [-0.15, -0.1) is 0 Å². The van der Waals surface area contributed by atoms with Gasteiger partial charge in [0.05, 0.1) is 30.0 Å². The quantitative estimate of drug-likeness (QED) is 0.796. The van der Waals surface area contributed by atoms with Crippen molar-refractivity contribution >= 4 is 5.91 Å². The number of piperidine rings is 1. The van der Waals surface area contributed by atoms with E-state index in [0.29, 0.717) is 6.42 Å². The first-order valence-electron chi connectivity index (χ1n) is 11.5. The van der Waals surface area contributed by atoms with Gasteiger partial charge in [-0.05, 0) is 70.3 Å².